The van der Waals surface area contributed by atoms with E-state index in [1.807, 2.05) is 32.9 Å². The molecule has 0 aliphatic heterocycles. The highest BCUT2D eigenvalue weighted by Crippen LogP contribution is 2.07. The Hall–Kier alpha value is -1.56. The molecule has 0 saturated carbocycles. The lowest BCUT2D eigenvalue weighted by Crippen LogP contribution is -1.79. The summed E-state index contributed by atoms with van der Waals surface area (Å²) in [5, 5.41) is 0. The molecule has 0 N–H and O–H groups in total. The van der Waals surface area contributed by atoms with Gasteiger partial charge in [-0.3, -0.25) is 0 Å². The largest absolute Gasteiger partial charge is 0.0988 e. The van der Waals surface area contributed by atoms with Crippen molar-refractivity contribution in [2.45, 2.75) is 41.5 Å². The molecule has 0 aliphatic carbocycles. The molecule has 0 atom stereocenters. The van der Waals surface area contributed by atoms with E-state index in [0.717, 1.165) is 5.57 Å². The Labute approximate surface area is 114 Å². The number of benzene rings is 1. The molecule has 0 spiro atoms. The minimum Gasteiger partial charge on any atom is -0.0988 e. The van der Waals surface area contributed by atoms with Gasteiger partial charge in [0.1, 0.15) is 0 Å². The average Bonchev–Trinajstić information content (AvgIpc) is 2.35. The van der Waals surface area contributed by atoms with Gasteiger partial charge in [-0.05, 0) is 52.7 Å². The van der Waals surface area contributed by atoms with Gasteiger partial charge in [-0.25, -0.2) is 0 Å². The number of rotatable bonds is 1. The van der Waals surface area contributed by atoms with Crippen LogP contribution in [0.15, 0.2) is 55.2 Å². The molecule has 18 heavy (non-hydrogen) atoms. The van der Waals surface area contributed by atoms with E-state index >= 15 is 0 Å². The Morgan fingerprint density at radius 3 is 1.67 bits per heavy atom. The van der Waals surface area contributed by atoms with Crippen molar-refractivity contribution < 1.29 is 0 Å². The van der Waals surface area contributed by atoms with Crippen molar-refractivity contribution in [3.8, 4) is 0 Å². The van der Waals surface area contributed by atoms with Gasteiger partial charge in [0.15, 0.2) is 0 Å². The third-order valence-corrected chi connectivity index (χ3v) is 2.34. The highest BCUT2D eigenvalue weighted by atomic mass is 13.9. The highest BCUT2D eigenvalue weighted by molar-refractivity contribution is 5.28. The molecule has 0 heterocycles. The fourth-order valence-electron chi connectivity index (χ4n) is 0.891. The van der Waals surface area contributed by atoms with E-state index in [4.69, 9.17) is 0 Å². The molecule has 100 valence electrons. The summed E-state index contributed by atoms with van der Waals surface area (Å²) in [6, 6.07) is 6.50. The zero-order valence-corrected chi connectivity index (χ0v) is 12.9. The molecule has 0 aromatic heterocycles. The van der Waals surface area contributed by atoms with Crippen LogP contribution in [0.4, 0.5) is 0 Å². The molecule has 0 nitrogen and oxygen atoms in total. The standard InChI is InChI=1S/C9H12.C5H8.C4H8/c1-7-4-5-8(2)9(3)6-7;1-4-5(2)3;1-3-4-2/h4-6H,1-3H3;4H,1-2H2,3H3;3-4H,1-2H3/b;;4-3-. The third kappa shape index (κ3) is 12.5. The predicted molar refractivity (Wildman–Crippen MR) is 86.2 cm³/mol. The molecule has 0 heteroatoms. The summed E-state index contributed by atoms with van der Waals surface area (Å²) >= 11 is 0. The summed E-state index contributed by atoms with van der Waals surface area (Å²) in [6.45, 7) is 19.3. The number of hydrogen-bond acceptors (Lipinski definition) is 0. The lowest BCUT2D eigenvalue weighted by atomic mass is 10.1. The lowest BCUT2D eigenvalue weighted by molar-refractivity contribution is 1.30. The van der Waals surface area contributed by atoms with Gasteiger partial charge >= 0.3 is 0 Å². The van der Waals surface area contributed by atoms with Crippen molar-refractivity contribution in [2.75, 3.05) is 0 Å². The van der Waals surface area contributed by atoms with Gasteiger partial charge in [0.05, 0.1) is 0 Å². The fourth-order valence-corrected chi connectivity index (χ4v) is 0.891. The van der Waals surface area contributed by atoms with E-state index in [-0.39, 0.29) is 0 Å². The Balaban J connectivity index is 0. The average molecular weight is 244 g/mol. The third-order valence-electron chi connectivity index (χ3n) is 2.34. The SMILES string of the molecule is C/C=C\C.C=CC(=C)C.Cc1ccc(C)c(C)c1. The van der Waals surface area contributed by atoms with Crippen molar-refractivity contribution >= 4 is 0 Å². The van der Waals surface area contributed by atoms with Gasteiger partial charge < -0.3 is 0 Å². The first-order chi connectivity index (χ1) is 8.38. The molecule has 1 rings (SSSR count). The van der Waals surface area contributed by atoms with E-state index in [1.165, 1.54) is 16.7 Å². The molecular weight excluding hydrogens is 216 g/mol. The molecule has 1 aromatic rings. The van der Waals surface area contributed by atoms with E-state index in [1.54, 1.807) is 6.08 Å². The second-order valence-electron chi connectivity index (χ2n) is 4.30. The van der Waals surface area contributed by atoms with Crippen molar-refractivity contribution in [2.24, 2.45) is 0 Å². The summed E-state index contributed by atoms with van der Waals surface area (Å²) in [6.07, 6.45) is 5.72. The topological polar surface area (TPSA) is 0 Å². The zero-order chi connectivity index (χ0) is 14.6. The molecule has 0 fully saturated rings. The first kappa shape index (κ1) is 18.8. The molecule has 0 bridgehead atoms. The Kier molecular flexibility index (Phi) is 12.4. The van der Waals surface area contributed by atoms with Crippen molar-refractivity contribution in [1.29, 1.82) is 0 Å². The van der Waals surface area contributed by atoms with Crippen LogP contribution in [0.5, 0.6) is 0 Å². The van der Waals surface area contributed by atoms with Crippen LogP contribution in [0, 0.1) is 20.8 Å². The van der Waals surface area contributed by atoms with Crippen molar-refractivity contribution in [1.82, 2.24) is 0 Å². The van der Waals surface area contributed by atoms with Crippen LogP contribution in [-0.2, 0) is 0 Å². The smallest absolute Gasteiger partial charge is 0.0395 e. The van der Waals surface area contributed by atoms with Gasteiger partial charge in [-0.1, -0.05) is 60.7 Å². The van der Waals surface area contributed by atoms with E-state index in [9.17, 15) is 0 Å². The van der Waals surface area contributed by atoms with Crippen molar-refractivity contribution in [3.63, 3.8) is 0 Å². The Morgan fingerprint density at radius 2 is 1.44 bits per heavy atom. The lowest BCUT2D eigenvalue weighted by Gasteiger charge is -1.98. The van der Waals surface area contributed by atoms with Gasteiger partial charge in [-0.15, -0.1) is 0 Å². The van der Waals surface area contributed by atoms with Gasteiger partial charge in [-0.2, -0.15) is 0 Å². The van der Waals surface area contributed by atoms with Crippen LogP contribution in [0.25, 0.3) is 0 Å². The summed E-state index contributed by atoms with van der Waals surface area (Å²) in [5.41, 5.74) is 5.12. The second kappa shape index (κ2) is 11.9. The zero-order valence-electron chi connectivity index (χ0n) is 12.9. The molecule has 1 aromatic carbocycles. The summed E-state index contributed by atoms with van der Waals surface area (Å²) < 4.78 is 0. The number of hydrogen-bond donors (Lipinski definition) is 0. The molecule has 0 unspecified atom stereocenters. The summed E-state index contributed by atoms with van der Waals surface area (Å²) in [4.78, 5) is 0. The van der Waals surface area contributed by atoms with Crippen LogP contribution >= 0.6 is 0 Å². The normalized spacial score (nSPS) is 8.78. The maximum atomic E-state index is 3.56. The predicted octanol–water partition coefficient (Wildman–Crippen LogP) is 5.94. The first-order valence-corrected chi connectivity index (χ1v) is 6.28. The van der Waals surface area contributed by atoms with E-state index < -0.39 is 0 Å². The summed E-state index contributed by atoms with van der Waals surface area (Å²) in [7, 11) is 0. The maximum Gasteiger partial charge on any atom is -0.0395 e. The Morgan fingerprint density at radius 1 is 1.00 bits per heavy atom. The number of aryl methyl sites for hydroxylation is 3. The van der Waals surface area contributed by atoms with Crippen molar-refractivity contribution in [3.05, 3.63) is 71.8 Å². The first-order valence-electron chi connectivity index (χ1n) is 6.28. The van der Waals surface area contributed by atoms with Gasteiger partial charge in [0.25, 0.3) is 0 Å². The second-order valence-corrected chi connectivity index (χ2v) is 4.30. The fraction of sp³-hybridized carbons (Fsp3) is 0.333. The molecule has 0 saturated heterocycles. The molecular formula is C18H28. The van der Waals surface area contributed by atoms with E-state index in [2.05, 4.69) is 52.1 Å². The van der Waals surface area contributed by atoms with E-state index in [0.29, 0.717) is 0 Å². The molecule has 0 aliphatic rings. The highest BCUT2D eigenvalue weighted by Gasteiger charge is 1.89. The van der Waals surface area contributed by atoms with Gasteiger partial charge in [0.2, 0.25) is 0 Å². The van der Waals surface area contributed by atoms with Crippen LogP contribution in [-0.4, -0.2) is 0 Å². The monoisotopic (exact) mass is 244 g/mol. The Bertz CT molecular complexity index is 377. The van der Waals surface area contributed by atoms with Crippen LogP contribution < -0.4 is 0 Å². The van der Waals surface area contributed by atoms with Gasteiger partial charge in [0, 0.05) is 0 Å². The quantitative estimate of drug-likeness (QED) is 0.423. The molecule has 0 radical (unpaired) electrons. The van der Waals surface area contributed by atoms with Crippen LogP contribution in [0.2, 0.25) is 0 Å². The van der Waals surface area contributed by atoms with Crippen LogP contribution in [0.1, 0.15) is 37.5 Å². The minimum atomic E-state index is 1.02. The van der Waals surface area contributed by atoms with Crippen LogP contribution in [0.3, 0.4) is 0 Å². The molecule has 0 amide bonds. The summed E-state index contributed by atoms with van der Waals surface area (Å²) in [5.74, 6) is 0. The minimum absolute atomic E-state index is 1.02. The maximum absolute atomic E-state index is 3.56. The number of allylic oxidation sites excluding steroid dienone is 4.